The predicted molar refractivity (Wildman–Crippen MR) is 147 cm³/mol. The van der Waals surface area contributed by atoms with Crippen LogP contribution in [-0.4, -0.2) is 51.5 Å². The van der Waals surface area contributed by atoms with E-state index in [9.17, 15) is 4.79 Å². The number of rotatable bonds is 5. The number of nitrogens with zero attached hydrogens (tertiary/aromatic N) is 4. The molecule has 3 N–H and O–H groups in total. The van der Waals surface area contributed by atoms with Crippen LogP contribution in [0.4, 0.5) is 5.82 Å². The van der Waals surface area contributed by atoms with Gasteiger partial charge in [-0.05, 0) is 54.4 Å². The zero-order valence-corrected chi connectivity index (χ0v) is 21.3. The lowest BCUT2D eigenvalue weighted by Crippen LogP contribution is -2.50. The number of anilines is 1. The molecule has 1 atom stereocenters. The van der Waals surface area contributed by atoms with E-state index in [0.717, 1.165) is 73.2 Å². The van der Waals surface area contributed by atoms with Crippen LogP contribution in [0.2, 0.25) is 0 Å². The Bertz CT molecular complexity index is 1490. The minimum atomic E-state index is 0.0617. The second kappa shape index (κ2) is 9.44. The summed E-state index contributed by atoms with van der Waals surface area (Å²) in [6, 6.07) is 17.3. The van der Waals surface area contributed by atoms with Gasteiger partial charge in [0, 0.05) is 37.4 Å². The molecule has 1 aliphatic carbocycles. The van der Waals surface area contributed by atoms with E-state index in [4.69, 9.17) is 10.5 Å². The number of nitrogens with two attached hydrogens (primary N) is 1. The average Bonchev–Trinajstić information content (AvgIpc) is 3.31. The van der Waals surface area contributed by atoms with Gasteiger partial charge in [0.25, 0.3) is 0 Å². The van der Waals surface area contributed by atoms with Crippen molar-refractivity contribution in [2.45, 2.75) is 37.8 Å². The quantitative estimate of drug-likeness (QED) is 0.421. The number of benzene rings is 2. The molecule has 1 amide bonds. The highest BCUT2D eigenvalue weighted by molar-refractivity contribution is 6.01. The van der Waals surface area contributed by atoms with E-state index in [1.54, 1.807) is 6.33 Å². The lowest BCUT2D eigenvalue weighted by Gasteiger charge is -2.40. The number of aromatic nitrogens is 3. The molecule has 0 spiro atoms. The first-order chi connectivity index (χ1) is 18.6. The van der Waals surface area contributed by atoms with Gasteiger partial charge in [0.15, 0.2) is 0 Å². The molecule has 2 aromatic heterocycles. The van der Waals surface area contributed by atoms with Crippen LogP contribution in [-0.2, 0) is 11.2 Å². The van der Waals surface area contributed by atoms with Gasteiger partial charge in [-0.25, -0.2) is 9.97 Å². The van der Waals surface area contributed by atoms with Crippen molar-refractivity contribution in [2.24, 2.45) is 5.92 Å². The molecule has 1 saturated heterocycles. The average molecular weight is 509 g/mol. The highest BCUT2D eigenvalue weighted by Gasteiger charge is 2.34. The number of hydrogen-bond donors (Lipinski definition) is 2. The van der Waals surface area contributed by atoms with Crippen LogP contribution >= 0.6 is 0 Å². The molecule has 8 heteroatoms. The molecule has 2 aromatic carbocycles. The first kappa shape index (κ1) is 23.2. The third kappa shape index (κ3) is 4.19. The molecular weight excluding hydrogens is 476 g/mol. The van der Waals surface area contributed by atoms with Crippen LogP contribution in [0.15, 0.2) is 61.1 Å². The fraction of sp³-hybridized carbons (Fsp3) is 0.367. The molecule has 38 heavy (non-hydrogen) atoms. The first-order valence-electron chi connectivity index (χ1n) is 13.6. The topological polar surface area (TPSA) is 98.3 Å². The van der Waals surface area contributed by atoms with Gasteiger partial charge in [-0.2, -0.15) is 0 Å². The molecule has 4 aromatic rings. The van der Waals surface area contributed by atoms with Crippen LogP contribution in [0.5, 0.6) is 5.75 Å². The van der Waals surface area contributed by atoms with Gasteiger partial charge >= 0.3 is 0 Å². The highest BCUT2D eigenvalue weighted by atomic mass is 16.5. The zero-order chi connectivity index (χ0) is 25.6. The van der Waals surface area contributed by atoms with E-state index in [1.165, 1.54) is 11.1 Å². The summed E-state index contributed by atoms with van der Waals surface area (Å²) >= 11 is 0. The van der Waals surface area contributed by atoms with Crippen LogP contribution in [0.1, 0.15) is 42.5 Å². The number of fused-ring (bicyclic) bond motifs is 2. The van der Waals surface area contributed by atoms with Crippen LogP contribution in [0.3, 0.4) is 0 Å². The van der Waals surface area contributed by atoms with Crippen LogP contribution in [0, 0.1) is 5.92 Å². The molecule has 8 nitrogen and oxygen atoms in total. The zero-order valence-electron chi connectivity index (χ0n) is 21.3. The number of aryl methyl sites for hydroxylation is 1. The van der Waals surface area contributed by atoms with Gasteiger partial charge in [0.05, 0.1) is 11.9 Å². The fourth-order valence-corrected chi connectivity index (χ4v) is 6.33. The second-order valence-corrected chi connectivity index (χ2v) is 10.9. The SMILES string of the molecule is Nc1ncnc2c1c(-c1ccc3c(c1)O[C@H](c1ccccc1)CC3)cn2C1CC(CN2CCNC(=O)C2)C1. The van der Waals surface area contributed by atoms with Crippen molar-refractivity contribution < 1.29 is 9.53 Å². The number of carbonyl (C=O) groups excluding carboxylic acids is 1. The van der Waals surface area contributed by atoms with Crippen molar-refractivity contribution >= 4 is 22.8 Å². The molecule has 0 unspecified atom stereocenters. The minimum Gasteiger partial charge on any atom is -0.485 e. The van der Waals surface area contributed by atoms with Gasteiger partial charge in [0.2, 0.25) is 5.91 Å². The number of ether oxygens (including phenoxy) is 1. The van der Waals surface area contributed by atoms with Crippen molar-refractivity contribution in [1.82, 2.24) is 24.8 Å². The van der Waals surface area contributed by atoms with Crippen molar-refractivity contribution in [3.05, 3.63) is 72.2 Å². The Morgan fingerprint density at radius 3 is 2.82 bits per heavy atom. The second-order valence-electron chi connectivity index (χ2n) is 10.9. The first-order valence-corrected chi connectivity index (χ1v) is 13.6. The lowest BCUT2D eigenvalue weighted by atomic mass is 9.79. The van der Waals surface area contributed by atoms with Crippen molar-refractivity contribution in [2.75, 3.05) is 31.9 Å². The summed E-state index contributed by atoms with van der Waals surface area (Å²) in [4.78, 5) is 23.0. The lowest BCUT2D eigenvalue weighted by molar-refractivity contribution is -0.124. The van der Waals surface area contributed by atoms with Gasteiger partial charge in [0.1, 0.15) is 29.6 Å². The van der Waals surface area contributed by atoms with Gasteiger partial charge in [-0.3, -0.25) is 9.69 Å². The van der Waals surface area contributed by atoms with Crippen molar-refractivity contribution in [3.63, 3.8) is 0 Å². The number of amides is 1. The Labute approximate surface area is 221 Å². The van der Waals surface area contributed by atoms with Gasteiger partial charge < -0.3 is 20.4 Å². The van der Waals surface area contributed by atoms with Crippen molar-refractivity contribution in [3.8, 4) is 16.9 Å². The standard InChI is InChI=1S/C30H32N6O2/c31-29-28-24(22-7-6-21-8-9-25(38-26(21)14-22)20-4-2-1-3-5-20)16-36(30(28)34-18-33-29)23-12-19(13-23)15-35-11-10-32-27(37)17-35/h1-7,14,16,18-19,23,25H,8-13,15,17H2,(H,32,37)(H2,31,33,34)/t19?,23?,25-/m0/s1. The largest absolute Gasteiger partial charge is 0.485 e. The van der Waals surface area contributed by atoms with E-state index in [2.05, 4.69) is 73.4 Å². The Morgan fingerprint density at radius 2 is 1.97 bits per heavy atom. The monoisotopic (exact) mass is 508 g/mol. The number of nitrogens with one attached hydrogen (secondary N) is 1. The summed E-state index contributed by atoms with van der Waals surface area (Å²) in [5.74, 6) is 2.15. The molecule has 2 fully saturated rings. The summed E-state index contributed by atoms with van der Waals surface area (Å²) in [6.07, 6.45) is 7.91. The minimum absolute atomic E-state index is 0.0617. The molecule has 4 heterocycles. The Balaban J connectivity index is 1.16. The third-order valence-corrected chi connectivity index (χ3v) is 8.37. The molecule has 7 rings (SSSR count). The molecule has 1 saturated carbocycles. The molecule has 194 valence electrons. The summed E-state index contributed by atoms with van der Waals surface area (Å²) in [6.45, 7) is 3.15. The Kier molecular flexibility index (Phi) is 5.77. The summed E-state index contributed by atoms with van der Waals surface area (Å²) in [5.41, 5.74) is 11.9. The van der Waals surface area contributed by atoms with Gasteiger partial charge in [-0.15, -0.1) is 0 Å². The van der Waals surface area contributed by atoms with E-state index < -0.39 is 0 Å². The van der Waals surface area contributed by atoms with E-state index in [1.807, 2.05) is 6.07 Å². The summed E-state index contributed by atoms with van der Waals surface area (Å²) in [5, 5.41) is 3.81. The Hall–Kier alpha value is -3.91. The Morgan fingerprint density at radius 1 is 1.11 bits per heavy atom. The normalized spacial score (nSPS) is 23.4. The number of carbonyl (C=O) groups is 1. The number of nitrogen functional groups attached to an aromatic ring is 1. The smallest absolute Gasteiger partial charge is 0.234 e. The third-order valence-electron chi connectivity index (χ3n) is 8.37. The maximum atomic E-state index is 11.8. The summed E-state index contributed by atoms with van der Waals surface area (Å²) in [7, 11) is 0. The van der Waals surface area contributed by atoms with E-state index >= 15 is 0 Å². The van der Waals surface area contributed by atoms with Gasteiger partial charge in [-0.1, -0.05) is 42.5 Å². The summed E-state index contributed by atoms with van der Waals surface area (Å²) < 4.78 is 8.79. The number of piperazine rings is 1. The molecule has 3 aliphatic rings. The van der Waals surface area contributed by atoms with E-state index in [0.29, 0.717) is 24.3 Å². The molecular formula is C30H32N6O2. The maximum absolute atomic E-state index is 11.8. The molecule has 2 aliphatic heterocycles. The van der Waals surface area contributed by atoms with Crippen molar-refractivity contribution in [1.29, 1.82) is 0 Å². The van der Waals surface area contributed by atoms with Crippen LogP contribution < -0.4 is 15.8 Å². The van der Waals surface area contributed by atoms with E-state index in [-0.39, 0.29) is 12.0 Å². The van der Waals surface area contributed by atoms with Crippen LogP contribution in [0.25, 0.3) is 22.2 Å². The fourth-order valence-electron chi connectivity index (χ4n) is 6.33. The molecule has 0 bridgehead atoms. The maximum Gasteiger partial charge on any atom is 0.234 e. The predicted octanol–water partition coefficient (Wildman–Crippen LogP) is 4.13. The molecule has 0 radical (unpaired) electrons. The number of hydrogen-bond acceptors (Lipinski definition) is 6. The highest BCUT2D eigenvalue weighted by Crippen LogP contribution is 2.44.